The van der Waals surface area contributed by atoms with Crippen LogP contribution in [0.5, 0.6) is 0 Å². The average molecular weight is 492 g/mol. The van der Waals surface area contributed by atoms with E-state index >= 15 is 0 Å². The standard InChI is InChI=1S/C24H33N3O6S/c1-18-13-27(14-19(2)33-18)34(29,30)23-9-7-20(8-10-23)25-24(28)17-26(15-21-5-3-11-31-21)16-22-6-4-12-32-22/h3,5,7-11,18-19,22H,4,6,12-17H2,1-2H3,(H,25,28). The second-order valence-electron chi connectivity index (χ2n) is 9.04. The van der Waals surface area contributed by atoms with Gasteiger partial charge in [-0.05, 0) is 63.1 Å². The number of morpholine rings is 1. The Morgan fingerprint density at radius 2 is 1.88 bits per heavy atom. The number of rotatable bonds is 9. The normalized spacial score (nSPS) is 23.9. The number of amides is 1. The van der Waals surface area contributed by atoms with E-state index in [2.05, 4.69) is 5.32 Å². The molecule has 0 spiro atoms. The second-order valence-corrected chi connectivity index (χ2v) is 11.0. The molecule has 2 aliphatic rings. The lowest BCUT2D eigenvalue weighted by atomic mass is 10.2. The van der Waals surface area contributed by atoms with Crippen molar-refractivity contribution in [1.29, 1.82) is 0 Å². The first-order chi connectivity index (χ1) is 16.3. The molecular formula is C24H33N3O6S. The molecule has 1 aromatic heterocycles. The molecule has 0 saturated carbocycles. The molecule has 1 amide bonds. The zero-order valence-electron chi connectivity index (χ0n) is 19.7. The van der Waals surface area contributed by atoms with Crippen molar-refractivity contribution < 1.29 is 27.1 Å². The minimum atomic E-state index is -3.63. The lowest BCUT2D eigenvalue weighted by Gasteiger charge is -2.34. The van der Waals surface area contributed by atoms with Crippen LogP contribution in [0.15, 0.2) is 52.0 Å². The van der Waals surface area contributed by atoms with Gasteiger partial charge in [-0.15, -0.1) is 0 Å². The van der Waals surface area contributed by atoms with Gasteiger partial charge in [0.25, 0.3) is 0 Å². The van der Waals surface area contributed by atoms with Gasteiger partial charge in [0.2, 0.25) is 15.9 Å². The van der Waals surface area contributed by atoms with E-state index in [1.807, 2.05) is 30.9 Å². The number of sulfonamides is 1. The molecule has 1 N–H and O–H groups in total. The Hall–Kier alpha value is -2.24. The van der Waals surface area contributed by atoms with E-state index in [1.54, 1.807) is 18.4 Å². The van der Waals surface area contributed by atoms with E-state index in [4.69, 9.17) is 13.9 Å². The van der Waals surface area contributed by atoms with Gasteiger partial charge in [-0.1, -0.05) is 0 Å². The van der Waals surface area contributed by atoms with Gasteiger partial charge in [-0.3, -0.25) is 9.69 Å². The SMILES string of the molecule is CC1CN(S(=O)(=O)c2ccc(NC(=O)CN(Cc3ccco3)CC3CCCO3)cc2)CC(C)O1. The van der Waals surface area contributed by atoms with Crippen LogP contribution in [0.1, 0.15) is 32.4 Å². The molecule has 0 aliphatic carbocycles. The summed E-state index contributed by atoms with van der Waals surface area (Å²) in [4.78, 5) is 15.0. The van der Waals surface area contributed by atoms with E-state index in [0.717, 1.165) is 25.2 Å². The zero-order chi connectivity index (χ0) is 24.1. The molecule has 2 aliphatic heterocycles. The third kappa shape index (κ3) is 6.45. The molecule has 3 atom stereocenters. The summed E-state index contributed by atoms with van der Waals surface area (Å²) in [6, 6.07) is 10.0. The van der Waals surface area contributed by atoms with Crippen molar-refractivity contribution in [2.45, 2.75) is 56.4 Å². The van der Waals surface area contributed by atoms with Crippen molar-refractivity contribution in [3.05, 3.63) is 48.4 Å². The highest BCUT2D eigenvalue weighted by Crippen LogP contribution is 2.23. The molecule has 10 heteroatoms. The number of ether oxygens (including phenoxy) is 2. The van der Waals surface area contributed by atoms with Crippen molar-refractivity contribution in [2.75, 3.05) is 38.1 Å². The lowest BCUT2D eigenvalue weighted by Crippen LogP contribution is -2.48. The molecule has 2 aromatic rings. The van der Waals surface area contributed by atoms with Gasteiger partial charge in [-0.2, -0.15) is 4.31 Å². The third-order valence-corrected chi connectivity index (χ3v) is 7.82. The summed E-state index contributed by atoms with van der Waals surface area (Å²) < 4.78 is 44.4. The smallest absolute Gasteiger partial charge is 0.243 e. The minimum absolute atomic E-state index is 0.109. The molecule has 0 bridgehead atoms. The van der Waals surface area contributed by atoms with Gasteiger partial charge < -0.3 is 19.2 Å². The lowest BCUT2D eigenvalue weighted by molar-refractivity contribution is -0.117. The largest absolute Gasteiger partial charge is 0.468 e. The monoisotopic (exact) mass is 491 g/mol. The van der Waals surface area contributed by atoms with E-state index in [9.17, 15) is 13.2 Å². The Balaban J connectivity index is 1.37. The van der Waals surface area contributed by atoms with Gasteiger partial charge >= 0.3 is 0 Å². The van der Waals surface area contributed by atoms with Gasteiger partial charge in [-0.25, -0.2) is 8.42 Å². The van der Waals surface area contributed by atoms with Crippen molar-refractivity contribution in [2.24, 2.45) is 0 Å². The molecule has 2 saturated heterocycles. The third-order valence-electron chi connectivity index (χ3n) is 5.97. The van der Waals surface area contributed by atoms with Gasteiger partial charge in [0.15, 0.2) is 0 Å². The Morgan fingerprint density at radius 1 is 1.15 bits per heavy atom. The number of nitrogens with zero attached hydrogens (tertiary/aromatic N) is 2. The van der Waals surface area contributed by atoms with E-state index in [1.165, 1.54) is 16.4 Å². The highest BCUT2D eigenvalue weighted by atomic mass is 32.2. The first-order valence-corrected chi connectivity index (χ1v) is 13.2. The predicted octanol–water partition coefficient (Wildman–Crippen LogP) is 2.70. The number of anilines is 1. The van der Waals surface area contributed by atoms with Crippen LogP contribution >= 0.6 is 0 Å². The molecule has 0 radical (unpaired) electrons. The van der Waals surface area contributed by atoms with Crippen molar-refractivity contribution >= 4 is 21.6 Å². The number of carbonyl (C=O) groups excluding carboxylic acids is 1. The molecule has 9 nitrogen and oxygen atoms in total. The van der Waals surface area contributed by atoms with Crippen molar-refractivity contribution in [3.63, 3.8) is 0 Å². The van der Waals surface area contributed by atoms with Crippen LogP contribution in [-0.4, -0.2) is 74.6 Å². The number of hydrogen-bond donors (Lipinski definition) is 1. The van der Waals surface area contributed by atoms with E-state index in [0.29, 0.717) is 31.9 Å². The maximum atomic E-state index is 13.0. The maximum absolute atomic E-state index is 13.0. The Labute approximate surface area is 201 Å². The fraction of sp³-hybridized carbons (Fsp3) is 0.542. The summed E-state index contributed by atoms with van der Waals surface area (Å²) in [5.74, 6) is 0.600. The zero-order valence-corrected chi connectivity index (χ0v) is 20.5. The fourth-order valence-corrected chi connectivity index (χ4v) is 6.06. The molecular weight excluding hydrogens is 458 g/mol. The predicted molar refractivity (Wildman–Crippen MR) is 127 cm³/mol. The quantitative estimate of drug-likeness (QED) is 0.576. The van der Waals surface area contributed by atoms with Crippen LogP contribution in [0, 0.1) is 0 Å². The topological polar surface area (TPSA) is 101 Å². The number of hydrogen-bond acceptors (Lipinski definition) is 7. The molecule has 186 valence electrons. The summed E-state index contributed by atoms with van der Waals surface area (Å²) in [5, 5.41) is 2.87. The van der Waals surface area contributed by atoms with Crippen LogP contribution in [0.25, 0.3) is 0 Å². The number of nitrogens with one attached hydrogen (secondary N) is 1. The molecule has 2 fully saturated rings. The summed E-state index contributed by atoms with van der Waals surface area (Å²) in [6.45, 7) is 6.45. The van der Waals surface area contributed by atoms with Crippen LogP contribution in [0.3, 0.4) is 0 Å². The van der Waals surface area contributed by atoms with Crippen LogP contribution in [0.2, 0.25) is 0 Å². The molecule has 3 unspecified atom stereocenters. The van der Waals surface area contributed by atoms with Gasteiger partial charge in [0, 0.05) is 31.9 Å². The second kappa shape index (κ2) is 11.0. The first kappa shape index (κ1) is 24.9. The highest BCUT2D eigenvalue weighted by Gasteiger charge is 2.32. The maximum Gasteiger partial charge on any atom is 0.243 e. The Kier molecular flexibility index (Phi) is 8.05. The summed E-state index contributed by atoms with van der Waals surface area (Å²) in [7, 11) is -3.63. The van der Waals surface area contributed by atoms with Crippen molar-refractivity contribution in [1.82, 2.24) is 9.21 Å². The molecule has 1 aromatic carbocycles. The fourth-order valence-electron chi connectivity index (χ4n) is 4.47. The Morgan fingerprint density at radius 3 is 2.50 bits per heavy atom. The number of carbonyl (C=O) groups is 1. The van der Waals surface area contributed by atoms with Gasteiger partial charge in [0.1, 0.15) is 5.76 Å². The van der Waals surface area contributed by atoms with Crippen LogP contribution < -0.4 is 5.32 Å². The van der Waals surface area contributed by atoms with Crippen molar-refractivity contribution in [3.8, 4) is 0 Å². The Bertz CT molecular complexity index is 1030. The van der Waals surface area contributed by atoms with Crippen LogP contribution in [0.4, 0.5) is 5.69 Å². The first-order valence-electron chi connectivity index (χ1n) is 11.7. The summed E-state index contributed by atoms with van der Waals surface area (Å²) in [6.07, 6.45) is 3.42. The minimum Gasteiger partial charge on any atom is -0.468 e. The summed E-state index contributed by atoms with van der Waals surface area (Å²) >= 11 is 0. The van der Waals surface area contributed by atoms with E-state index in [-0.39, 0.29) is 35.7 Å². The number of benzene rings is 1. The highest BCUT2D eigenvalue weighted by molar-refractivity contribution is 7.89. The summed E-state index contributed by atoms with van der Waals surface area (Å²) in [5.41, 5.74) is 0.544. The van der Waals surface area contributed by atoms with Gasteiger partial charge in [0.05, 0.1) is 42.6 Å². The number of furan rings is 1. The molecule has 4 rings (SSSR count). The molecule has 3 heterocycles. The van der Waals surface area contributed by atoms with E-state index < -0.39 is 10.0 Å². The van der Waals surface area contributed by atoms with Crippen LogP contribution in [-0.2, 0) is 30.8 Å². The molecule has 34 heavy (non-hydrogen) atoms. The average Bonchev–Trinajstić information content (AvgIpc) is 3.48.